The number of allylic oxidation sites excluding steroid dienone is 2. The summed E-state index contributed by atoms with van der Waals surface area (Å²) in [5, 5.41) is 0.533. The average Bonchev–Trinajstić information content (AvgIpc) is 2.84. The third-order valence-corrected chi connectivity index (χ3v) is 5.51. The van der Waals surface area contributed by atoms with E-state index in [0.717, 1.165) is 17.1 Å². The molecule has 0 aliphatic heterocycles. The number of amidine groups is 1. The van der Waals surface area contributed by atoms with E-state index in [1.165, 1.54) is 0 Å². The molecule has 0 radical (unpaired) electrons. The van der Waals surface area contributed by atoms with Gasteiger partial charge in [-0.3, -0.25) is 9.79 Å². The zero-order chi connectivity index (χ0) is 25.3. The number of hydrogen-bond acceptors (Lipinski definition) is 7. The molecule has 0 bridgehead atoms. The van der Waals surface area contributed by atoms with Gasteiger partial charge in [-0.1, -0.05) is 31.5 Å². The molecule has 0 aliphatic carbocycles. The highest BCUT2D eigenvalue weighted by molar-refractivity contribution is 9.12. The minimum Gasteiger partial charge on any atom is -0.470 e. The molecular weight excluding hydrogens is 520 g/mol. The van der Waals surface area contributed by atoms with Crippen LogP contribution in [-0.2, 0) is 9.53 Å². The molecule has 0 fully saturated rings. The minimum atomic E-state index is 0.0346. The van der Waals surface area contributed by atoms with Crippen LogP contribution < -0.4 is 10.6 Å². The van der Waals surface area contributed by atoms with Gasteiger partial charge in [0.1, 0.15) is 22.7 Å². The maximum atomic E-state index is 11.3. The third kappa shape index (κ3) is 7.50. The number of carbonyl (C=O) groups excluding carboxylic acids is 1. The van der Waals surface area contributed by atoms with Gasteiger partial charge in [0.2, 0.25) is 5.88 Å². The number of carbonyl (C=O) groups is 1. The quantitative estimate of drug-likeness (QED) is 0.154. The van der Waals surface area contributed by atoms with Crippen molar-refractivity contribution in [3.63, 3.8) is 0 Å². The van der Waals surface area contributed by atoms with Crippen LogP contribution in [0.3, 0.4) is 0 Å². The third-order valence-electron chi connectivity index (χ3n) is 4.66. The van der Waals surface area contributed by atoms with Crippen molar-refractivity contribution in [1.29, 1.82) is 0 Å². The van der Waals surface area contributed by atoms with Crippen LogP contribution in [0.5, 0.6) is 0 Å². The topological polar surface area (TPSA) is 106 Å². The van der Waals surface area contributed by atoms with Gasteiger partial charge in [-0.25, -0.2) is 9.97 Å². The van der Waals surface area contributed by atoms with Crippen molar-refractivity contribution in [3.8, 4) is 11.3 Å². The highest BCUT2D eigenvalue weighted by atomic mass is 79.9. The Morgan fingerprint density at radius 3 is 2.74 bits per heavy atom. The van der Waals surface area contributed by atoms with Crippen molar-refractivity contribution in [3.05, 3.63) is 63.4 Å². The standard InChI is InChI=1S/C24H28BrClN6O2/c1-15(2)23-29-11-9-21(31-23)17-6-7-20(26)22(12-17)32(5)16(3)30-24(19(25)13-33)34-14-18(27)8-10-28-4/h6-13,15H,14,27H2,1-5H3/b18-8-,24-19-,28-10?,30-16-. The fourth-order valence-electron chi connectivity index (χ4n) is 2.71. The van der Waals surface area contributed by atoms with Gasteiger partial charge in [0.05, 0.1) is 16.4 Å². The van der Waals surface area contributed by atoms with Crippen LogP contribution in [0.25, 0.3) is 11.3 Å². The molecule has 0 saturated carbocycles. The second kappa shape index (κ2) is 13.0. The number of rotatable bonds is 9. The fourth-order valence-corrected chi connectivity index (χ4v) is 3.16. The van der Waals surface area contributed by atoms with E-state index in [1.54, 1.807) is 37.4 Å². The Morgan fingerprint density at radius 1 is 1.35 bits per heavy atom. The average molecular weight is 548 g/mol. The molecule has 1 aromatic carbocycles. The van der Waals surface area contributed by atoms with Gasteiger partial charge in [-0.2, -0.15) is 4.99 Å². The van der Waals surface area contributed by atoms with E-state index in [4.69, 9.17) is 22.1 Å². The Morgan fingerprint density at radius 2 is 2.09 bits per heavy atom. The zero-order valence-corrected chi connectivity index (χ0v) is 22.1. The molecule has 34 heavy (non-hydrogen) atoms. The van der Waals surface area contributed by atoms with Crippen LogP contribution in [0.4, 0.5) is 5.69 Å². The molecule has 2 aromatic rings. The molecule has 0 unspecified atom stereocenters. The van der Waals surface area contributed by atoms with Gasteiger partial charge in [-0.15, -0.1) is 0 Å². The largest absolute Gasteiger partial charge is 0.470 e. The van der Waals surface area contributed by atoms with Crippen LogP contribution in [0.2, 0.25) is 5.02 Å². The van der Waals surface area contributed by atoms with Crippen LogP contribution in [0.15, 0.2) is 62.6 Å². The van der Waals surface area contributed by atoms with E-state index in [2.05, 4.69) is 35.9 Å². The predicted molar refractivity (Wildman–Crippen MR) is 143 cm³/mol. The Bertz CT molecular complexity index is 1140. The summed E-state index contributed by atoms with van der Waals surface area (Å²) in [6.45, 7) is 5.91. The Hall–Kier alpha value is -3.04. The van der Waals surface area contributed by atoms with E-state index >= 15 is 0 Å². The summed E-state index contributed by atoms with van der Waals surface area (Å²) >= 11 is 9.70. The Labute approximate surface area is 213 Å². The SMILES string of the molecule is CN=C/C=C(\N)COC(/N=C(/C)N(C)c1cc(-c2ccnc(C(C)C)n2)ccc1Cl)=C(\Br)C=O. The minimum absolute atomic E-state index is 0.0346. The van der Waals surface area contributed by atoms with Gasteiger partial charge in [0.25, 0.3) is 0 Å². The molecule has 1 aromatic heterocycles. The molecule has 2 rings (SSSR count). The molecule has 0 amide bonds. The highest BCUT2D eigenvalue weighted by Crippen LogP contribution is 2.31. The summed E-state index contributed by atoms with van der Waals surface area (Å²) in [7, 11) is 3.46. The lowest BCUT2D eigenvalue weighted by Gasteiger charge is -2.21. The maximum absolute atomic E-state index is 11.3. The number of halogens is 2. The van der Waals surface area contributed by atoms with Gasteiger partial charge in [0.15, 0.2) is 6.29 Å². The van der Waals surface area contributed by atoms with Crippen LogP contribution >= 0.6 is 27.5 Å². The lowest BCUT2D eigenvalue weighted by atomic mass is 10.1. The van der Waals surface area contributed by atoms with E-state index in [-0.39, 0.29) is 22.9 Å². The summed E-state index contributed by atoms with van der Waals surface area (Å²) in [4.78, 5) is 30.5. The summed E-state index contributed by atoms with van der Waals surface area (Å²) in [5.41, 5.74) is 8.71. The summed E-state index contributed by atoms with van der Waals surface area (Å²) in [5.74, 6) is 1.61. The van der Waals surface area contributed by atoms with Gasteiger partial charge in [-0.05, 0) is 47.1 Å². The zero-order valence-electron chi connectivity index (χ0n) is 19.8. The van der Waals surface area contributed by atoms with Gasteiger partial charge in [0, 0.05) is 43.7 Å². The first-order valence-electron chi connectivity index (χ1n) is 10.4. The molecule has 2 N–H and O–H groups in total. The summed E-state index contributed by atoms with van der Waals surface area (Å²) in [6, 6.07) is 7.50. The van der Waals surface area contributed by atoms with E-state index < -0.39 is 0 Å². The van der Waals surface area contributed by atoms with Crippen molar-refractivity contribution in [2.45, 2.75) is 26.7 Å². The number of aldehydes is 1. The molecule has 0 atom stereocenters. The van der Waals surface area contributed by atoms with Crippen LogP contribution in [0.1, 0.15) is 32.5 Å². The number of anilines is 1. The second-order valence-corrected chi connectivity index (χ2v) is 8.81. The van der Waals surface area contributed by atoms with Crippen molar-refractivity contribution in [2.24, 2.45) is 15.7 Å². The molecule has 180 valence electrons. The first-order chi connectivity index (χ1) is 16.2. The van der Waals surface area contributed by atoms with E-state index in [1.807, 2.05) is 45.2 Å². The number of hydrogen-bond donors (Lipinski definition) is 1. The van der Waals surface area contributed by atoms with Gasteiger partial charge < -0.3 is 15.4 Å². The number of benzene rings is 1. The predicted octanol–water partition coefficient (Wildman–Crippen LogP) is 5.10. The smallest absolute Gasteiger partial charge is 0.233 e. The monoisotopic (exact) mass is 546 g/mol. The molecule has 0 spiro atoms. The Balaban J connectivity index is 2.37. The molecular formula is C24H28BrClN6O2. The van der Waals surface area contributed by atoms with E-state index in [9.17, 15) is 4.79 Å². The number of aromatic nitrogens is 2. The first-order valence-corrected chi connectivity index (χ1v) is 11.6. The van der Waals surface area contributed by atoms with Crippen LogP contribution in [-0.4, -0.2) is 49.0 Å². The molecule has 10 heteroatoms. The van der Waals surface area contributed by atoms with Crippen molar-refractivity contribution in [2.75, 3.05) is 25.6 Å². The molecule has 8 nitrogen and oxygen atoms in total. The van der Waals surface area contributed by atoms with Crippen molar-refractivity contribution < 1.29 is 9.53 Å². The Kier molecular flexibility index (Phi) is 10.4. The van der Waals surface area contributed by atoms with Gasteiger partial charge >= 0.3 is 0 Å². The lowest BCUT2D eigenvalue weighted by molar-refractivity contribution is -0.104. The lowest BCUT2D eigenvalue weighted by Crippen LogP contribution is -2.24. The maximum Gasteiger partial charge on any atom is 0.233 e. The highest BCUT2D eigenvalue weighted by Gasteiger charge is 2.14. The summed E-state index contributed by atoms with van der Waals surface area (Å²) in [6.07, 6.45) is 5.52. The second-order valence-electron chi connectivity index (χ2n) is 7.55. The number of aliphatic imine (C=N–C) groups is 2. The molecule has 0 aliphatic rings. The van der Waals surface area contributed by atoms with E-state index in [0.29, 0.717) is 28.5 Å². The molecule has 1 heterocycles. The summed E-state index contributed by atoms with van der Waals surface area (Å²) < 4.78 is 5.80. The normalized spacial score (nSPS) is 13.3. The first kappa shape index (κ1) is 27.2. The number of nitrogens with two attached hydrogens (primary N) is 1. The van der Waals surface area contributed by atoms with Crippen LogP contribution in [0, 0.1) is 0 Å². The van der Waals surface area contributed by atoms with Crippen molar-refractivity contribution in [1.82, 2.24) is 9.97 Å². The number of ether oxygens (including phenoxy) is 1. The fraction of sp³-hybridized carbons (Fsp3) is 0.292. The molecule has 0 saturated heterocycles. The number of nitrogens with zero attached hydrogens (tertiary/aromatic N) is 5. The van der Waals surface area contributed by atoms with Crippen molar-refractivity contribution >= 4 is 51.6 Å².